The molecule has 0 saturated carbocycles. The van der Waals surface area contributed by atoms with Crippen LogP contribution in [0, 0.1) is 0 Å². The zero-order valence-electron chi connectivity index (χ0n) is 23.3. The molecule has 0 aliphatic carbocycles. The van der Waals surface area contributed by atoms with Gasteiger partial charge < -0.3 is 9.31 Å². The molecule has 7 rings (SSSR count). The summed E-state index contributed by atoms with van der Waals surface area (Å²) in [6, 6.07) is 41.5. The van der Waals surface area contributed by atoms with Gasteiger partial charge in [0.15, 0.2) is 0 Å². The van der Waals surface area contributed by atoms with Gasteiger partial charge in [0.1, 0.15) is 0 Å². The molecule has 1 aromatic heterocycles. The SMILES string of the molecule is CC1(C)OB(c2cc(-c3cccc(-c4ccccc4)c3)cc(-c3cccc4c3sc3ccccc34)c2)OC1(C)C. The summed E-state index contributed by atoms with van der Waals surface area (Å²) in [4.78, 5) is 0. The van der Waals surface area contributed by atoms with E-state index in [0.29, 0.717) is 0 Å². The van der Waals surface area contributed by atoms with Crippen molar-refractivity contribution in [2.24, 2.45) is 0 Å². The lowest BCUT2D eigenvalue weighted by molar-refractivity contribution is 0.00578. The number of hydrogen-bond acceptors (Lipinski definition) is 3. The highest BCUT2D eigenvalue weighted by molar-refractivity contribution is 7.26. The molecular weight excluding hydrogens is 507 g/mol. The standard InChI is InChI=1S/C36H31BO2S/c1-35(2)36(3,4)39-37(38-35)29-22-27(26-15-10-14-25(20-26)24-12-6-5-7-13-24)21-28(23-29)30-17-11-18-32-31-16-8-9-19-33(31)40-34(30)32/h5-23H,1-4H3. The molecule has 196 valence electrons. The van der Waals surface area contributed by atoms with Crippen LogP contribution in [0.5, 0.6) is 0 Å². The minimum absolute atomic E-state index is 0.410. The normalized spacial score (nSPS) is 16.1. The van der Waals surface area contributed by atoms with Gasteiger partial charge >= 0.3 is 7.12 Å². The first kappa shape index (κ1) is 25.3. The van der Waals surface area contributed by atoms with E-state index in [4.69, 9.17) is 9.31 Å². The topological polar surface area (TPSA) is 18.5 Å². The minimum Gasteiger partial charge on any atom is -0.399 e. The molecule has 0 bridgehead atoms. The smallest absolute Gasteiger partial charge is 0.399 e. The second-order valence-electron chi connectivity index (χ2n) is 11.7. The first-order valence-electron chi connectivity index (χ1n) is 13.9. The fourth-order valence-corrected chi connectivity index (χ4v) is 6.81. The number of hydrogen-bond donors (Lipinski definition) is 0. The van der Waals surface area contributed by atoms with Crippen molar-refractivity contribution in [2.75, 3.05) is 0 Å². The molecule has 0 radical (unpaired) electrons. The summed E-state index contributed by atoms with van der Waals surface area (Å²) >= 11 is 1.86. The number of thiophene rings is 1. The van der Waals surface area contributed by atoms with Crippen LogP contribution in [0.3, 0.4) is 0 Å². The third kappa shape index (κ3) is 4.28. The van der Waals surface area contributed by atoms with Crippen LogP contribution in [0.25, 0.3) is 53.6 Å². The first-order valence-corrected chi connectivity index (χ1v) is 14.7. The summed E-state index contributed by atoms with van der Waals surface area (Å²) in [5.41, 5.74) is 7.35. The third-order valence-electron chi connectivity index (χ3n) is 8.50. The quantitative estimate of drug-likeness (QED) is 0.208. The van der Waals surface area contributed by atoms with Crippen molar-refractivity contribution in [2.45, 2.75) is 38.9 Å². The molecular formula is C36H31BO2S. The molecule has 5 aromatic carbocycles. The summed E-state index contributed by atoms with van der Waals surface area (Å²) < 4.78 is 15.7. The molecule has 40 heavy (non-hydrogen) atoms. The molecule has 1 aliphatic heterocycles. The van der Waals surface area contributed by atoms with Crippen LogP contribution in [-0.4, -0.2) is 18.3 Å². The Bertz CT molecular complexity index is 1850. The van der Waals surface area contributed by atoms with Gasteiger partial charge in [0.05, 0.1) is 11.2 Å². The predicted octanol–water partition coefficient (Wildman–Crippen LogP) is 9.35. The van der Waals surface area contributed by atoms with Crippen molar-refractivity contribution in [3.63, 3.8) is 0 Å². The summed E-state index contributed by atoms with van der Waals surface area (Å²) in [5.74, 6) is 0. The largest absolute Gasteiger partial charge is 0.494 e. The average Bonchev–Trinajstić information content (AvgIpc) is 3.46. The molecule has 6 aromatic rings. The van der Waals surface area contributed by atoms with Crippen LogP contribution in [0.15, 0.2) is 115 Å². The monoisotopic (exact) mass is 538 g/mol. The maximum Gasteiger partial charge on any atom is 0.494 e. The van der Waals surface area contributed by atoms with Gasteiger partial charge in [0.2, 0.25) is 0 Å². The lowest BCUT2D eigenvalue weighted by Gasteiger charge is -2.32. The van der Waals surface area contributed by atoms with E-state index in [1.165, 1.54) is 48.0 Å². The van der Waals surface area contributed by atoms with Gasteiger partial charge in [-0.25, -0.2) is 0 Å². The molecule has 1 aliphatic rings. The van der Waals surface area contributed by atoms with E-state index < -0.39 is 18.3 Å². The Morgan fingerprint density at radius 3 is 1.88 bits per heavy atom. The Kier molecular flexibility index (Phi) is 5.97. The Hall–Kier alpha value is -3.70. The third-order valence-corrected chi connectivity index (χ3v) is 9.72. The van der Waals surface area contributed by atoms with E-state index in [1.807, 2.05) is 11.3 Å². The lowest BCUT2D eigenvalue weighted by Crippen LogP contribution is -2.41. The highest BCUT2D eigenvalue weighted by Crippen LogP contribution is 2.41. The summed E-state index contributed by atoms with van der Waals surface area (Å²) in [6.45, 7) is 8.44. The fraction of sp³-hybridized carbons (Fsp3) is 0.167. The maximum absolute atomic E-state index is 6.54. The van der Waals surface area contributed by atoms with E-state index in [0.717, 1.165) is 11.0 Å². The molecule has 0 spiro atoms. The highest BCUT2D eigenvalue weighted by Gasteiger charge is 2.51. The fourth-order valence-electron chi connectivity index (χ4n) is 5.57. The van der Waals surface area contributed by atoms with Crippen LogP contribution in [0.1, 0.15) is 27.7 Å². The zero-order chi connectivity index (χ0) is 27.5. The molecule has 1 fully saturated rings. The molecule has 0 amide bonds. The molecule has 1 saturated heterocycles. The Morgan fingerprint density at radius 2 is 1.10 bits per heavy atom. The average molecular weight is 539 g/mol. The van der Waals surface area contributed by atoms with E-state index in [1.54, 1.807) is 0 Å². The predicted molar refractivity (Wildman–Crippen MR) is 171 cm³/mol. The van der Waals surface area contributed by atoms with Crippen LogP contribution >= 0.6 is 11.3 Å². The highest BCUT2D eigenvalue weighted by atomic mass is 32.1. The van der Waals surface area contributed by atoms with Crippen molar-refractivity contribution in [3.05, 3.63) is 115 Å². The number of rotatable bonds is 4. The van der Waals surface area contributed by atoms with Gasteiger partial charge in [-0.1, -0.05) is 97.1 Å². The van der Waals surface area contributed by atoms with Crippen molar-refractivity contribution >= 4 is 44.1 Å². The van der Waals surface area contributed by atoms with Crippen LogP contribution in [0.4, 0.5) is 0 Å². The first-order chi connectivity index (χ1) is 19.3. The van der Waals surface area contributed by atoms with Crippen molar-refractivity contribution in [1.82, 2.24) is 0 Å². The van der Waals surface area contributed by atoms with Gasteiger partial charge in [-0.15, -0.1) is 11.3 Å². The van der Waals surface area contributed by atoms with Gasteiger partial charge in [-0.3, -0.25) is 0 Å². The molecule has 2 heterocycles. The van der Waals surface area contributed by atoms with Crippen LogP contribution in [-0.2, 0) is 9.31 Å². The molecule has 0 atom stereocenters. The Balaban J connectivity index is 1.42. The minimum atomic E-state index is -0.442. The number of benzene rings is 5. The van der Waals surface area contributed by atoms with Crippen LogP contribution < -0.4 is 5.46 Å². The molecule has 2 nitrogen and oxygen atoms in total. The number of fused-ring (bicyclic) bond motifs is 3. The van der Waals surface area contributed by atoms with Gasteiger partial charge in [-0.05, 0) is 84.7 Å². The van der Waals surface area contributed by atoms with Crippen molar-refractivity contribution in [1.29, 1.82) is 0 Å². The van der Waals surface area contributed by atoms with Gasteiger partial charge in [0, 0.05) is 20.2 Å². The van der Waals surface area contributed by atoms with Gasteiger partial charge in [-0.2, -0.15) is 0 Å². The van der Waals surface area contributed by atoms with E-state index >= 15 is 0 Å². The maximum atomic E-state index is 6.54. The summed E-state index contributed by atoms with van der Waals surface area (Å²) in [5, 5.41) is 2.61. The summed E-state index contributed by atoms with van der Waals surface area (Å²) in [6.07, 6.45) is 0. The molecule has 4 heteroatoms. The molecule has 0 unspecified atom stereocenters. The Labute approximate surface area is 240 Å². The second kappa shape index (κ2) is 9.45. The van der Waals surface area contributed by atoms with Crippen molar-refractivity contribution in [3.8, 4) is 33.4 Å². The zero-order valence-corrected chi connectivity index (χ0v) is 24.1. The van der Waals surface area contributed by atoms with E-state index in [9.17, 15) is 0 Å². The second-order valence-corrected chi connectivity index (χ2v) is 12.7. The van der Waals surface area contributed by atoms with E-state index in [-0.39, 0.29) is 0 Å². The van der Waals surface area contributed by atoms with Crippen molar-refractivity contribution < 1.29 is 9.31 Å². The Morgan fingerprint density at radius 1 is 0.525 bits per heavy atom. The van der Waals surface area contributed by atoms with Crippen LogP contribution in [0.2, 0.25) is 0 Å². The van der Waals surface area contributed by atoms with E-state index in [2.05, 4.69) is 143 Å². The lowest BCUT2D eigenvalue weighted by atomic mass is 9.76. The summed E-state index contributed by atoms with van der Waals surface area (Å²) in [7, 11) is -0.442. The van der Waals surface area contributed by atoms with Gasteiger partial charge in [0.25, 0.3) is 0 Å². The molecule has 0 N–H and O–H groups in total.